The molecule has 0 saturated carbocycles. The van der Waals surface area contributed by atoms with Crippen LogP contribution in [0.5, 0.6) is 0 Å². The molecule has 7 heteroatoms. The fourth-order valence-corrected chi connectivity index (χ4v) is 2.98. The molecular formula is C17H20Cl2N2O3. The number of Topliss-reactive ketones (excluding diaryl/α,β-unsaturated/α-hetero) is 1. The summed E-state index contributed by atoms with van der Waals surface area (Å²) in [6.07, 6.45) is 1.41. The van der Waals surface area contributed by atoms with Gasteiger partial charge < -0.3 is 10.2 Å². The van der Waals surface area contributed by atoms with Crippen molar-refractivity contribution in [1.82, 2.24) is 10.2 Å². The molecule has 1 fully saturated rings. The largest absolute Gasteiger partial charge is 0.353 e. The van der Waals surface area contributed by atoms with Crippen LogP contribution in [0.3, 0.4) is 0 Å². The van der Waals surface area contributed by atoms with Gasteiger partial charge in [0, 0.05) is 19.1 Å². The summed E-state index contributed by atoms with van der Waals surface area (Å²) in [5.74, 6) is -2.47. The van der Waals surface area contributed by atoms with Crippen molar-refractivity contribution in [2.45, 2.75) is 32.7 Å². The Hall–Kier alpha value is -1.59. The summed E-state index contributed by atoms with van der Waals surface area (Å²) < 4.78 is 0. The van der Waals surface area contributed by atoms with E-state index in [-0.39, 0.29) is 18.5 Å². The first-order valence-corrected chi connectivity index (χ1v) is 8.66. The van der Waals surface area contributed by atoms with Crippen molar-refractivity contribution in [2.75, 3.05) is 13.1 Å². The number of carbonyl (C=O) groups excluding carboxylic acids is 3. The molecule has 0 bridgehead atoms. The maximum Gasteiger partial charge on any atom is 0.290 e. The van der Waals surface area contributed by atoms with Crippen molar-refractivity contribution in [2.24, 2.45) is 5.92 Å². The molecule has 1 saturated heterocycles. The second kappa shape index (κ2) is 7.99. The van der Waals surface area contributed by atoms with Crippen molar-refractivity contribution in [3.63, 3.8) is 0 Å². The molecule has 2 atom stereocenters. The molecule has 0 radical (unpaired) electrons. The van der Waals surface area contributed by atoms with Gasteiger partial charge in [-0.15, -0.1) is 0 Å². The molecule has 0 aliphatic carbocycles. The monoisotopic (exact) mass is 370 g/mol. The molecule has 1 aromatic rings. The SMILES string of the molecule is CCN1CC(C(=O)NC(C)CCc2ccc(Cl)c(Cl)c2)C(=O)C1=O. The Kier molecular flexibility index (Phi) is 6.24. The normalized spacial score (nSPS) is 18.8. The van der Waals surface area contributed by atoms with Crippen LogP contribution in [0.1, 0.15) is 25.8 Å². The summed E-state index contributed by atoms with van der Waals surface area (Å²) in [5.41, 5.74) is 1.02. The van der Waals surface area contributed by atoms with Gasteiger partial charge in [0.05, 0.1) is 10.0 Å². The first kappa shape index (κ1) is 18.7. The second-order valence-corrected chi connectivity index (χ2v) is 6.77. The van der Waals surface area contributed by atoms with Gasteiger partial charge in [0.1, 0.15) is 5.92 Å². The Labute approximate surface area is 151 Å². The highest BCUT2D eigenvalue weighted by atomic mass is 35.5. The number of nitrogens with one attached hydrogen (secondary N) is 1. The Bertz CT molecular complexity index is 663. The van der Waals surface area contributed by atoms with Crippen LogP contribution in [0.15, 0.2) is 18.2 Å². The lowest BCUT2D eigenvalue weighted by molar-refractivity contribution is -0.142. The lowest BCUT2D eigenvalue weighted by atomic mass is 10.0. The van der Waals surface area contributed by atoms with Crippen LogP contribution in [0.4, 0.5) is 0 Å². The number of benzene rings is 1. The van der Waals surface area contributed by atoms with Crippen molar-refractivity contribution in [1.29, 1.82) is 0 Å². The summed E-state index contributed by atoms with van der Waals surface area (Å²) in [4.78, 5) is 37.2. The molecule has 1 N–H and O–H groups in total. The lowest BCUT2D eigenvalue weighted by Crippen LogP contribution is -2.40. The van der Waals surface area contributed by atoms with E-state index in [1.54, 1.807) is 19.1 Å². The van der Waals surface area contributed by atoms with Gasteiger partial charge >= 0.3 is 0 Å². The molecule has 1 heterocycles. The van der Waals surface area contributed by atoms with Gasteiger partial charge in [-0.05, 0) is 44.4 Å². The summed E-state index contributed by atoms with van der Waals surface area (Å²) in [7, 11) is 0. The van der Waals surface area contributed by atoms with E-state index < -0.39 is 17.6 Å². The smallest absolute Gasteiger partial charge is 0.290 e. The Balaban J connectivity index is 1.86. The predicted octanol–water partition coefficient (Wildman–Crippen LogP) is 2.48. The van der Waals surface area contributed by atoms with E-state index in [1.165, 1.54) is 4.90 Å². The molecule has 5 nitrogen and oxygen atoms in total. The van der Waals surface area contributed by atoms with Crippen molar-refractivity contribution >= 4 is 40.8 Å². The highest BCUT2D eigenvalue weighted by molar-refractivity contribution is 6.42. The number of ketones is 1. The molecular weight excluding hydrogens is 351 g/mol. The third-order valence-corrected chi connectivity index (χ3v) is 4.89. The van der Waals surface area contributed by atoms with E-state index in [0.717, 1.165) is 12.0 Å². The quantitative estimate of drug-likeness (QED) is 0.617. The van der Waals surface area contributed by atoms with Crippen LogP contribution >= 0.6 is 23.2 Å². The van der Waals surface area contributed by atoms with Gasteiger partial charge in [0.15, 0.2) is 0 Å². The maximum absolute atomic E-state index is 12.2. The summed E-state index contributed by atoms with van der Waals surface area (Å²) >= 11 is 11.9. The van der Waals surface area contributed by atoms with Gasteiger partial charge in [0.2, 0.25) is 11.7 Å². The van der Waals surface area contributed by atoms with Gasteiger partial charge in [-0.2, -0.15) is 0 Å². The molecule has 130 valence electrons. The number of rotatable bonds is 6. The minimum Gasteiger partial charge on any atom is -0.353 e. The summed E-state index contributed by atoms with van der Waals surface area (Å²) in [5, 5.41) is 3.82. The van der Waals surface area contributed by atoms with E-state index in [1.807, 2.05) is 13.0 Å². The Morgan fingerprint density at radius 3 is 2.62 bits per heavy atom. The zero-order chi connectivity index (χ0) is 17.9. The van der Waals surface area contributed by atoms with Crippen LogP contribution < -0.4 is 5.32 Å². The molecule has 1 aliphatic rings. The van der Waals surface area contributed by atoms with Gasteiger partial charge in [-0.3, -0.25) is 14.4 Å². The third-order valence-electron chi connectivity index (χ3n) is 4.15. The van der Waals surface area contributed by atoms with E-state index >= 15 is 0 Å². The number of hydrogen-bond acceptors (Lipinski definition) is 3. The topological polar surface area (TPSA) is 66.5 Å². The Morgan fingerprint density at radius 2 is 2.04 bits per heavy atom. The minimum atomic E-state index is -0.898. The van der Waals surface area contributed by atoms with Crippen LogP contribution in [0.2, 0.25) is 10.0 Å². The number of amides is 2. The van der Waals surface area contributed by atoms with Gasteiger partial charge in [-0.25, -0.2) is 0 Å². The first-order chi connectivity index (χ1) is 11.3. The number of carbonyl (C=O) groups is 3. The fourth-order valence-electron chi connectivity index (χ4n) is 2.66. The number of nitrogens with zero attached hydrogens (tertiary/aromatic N) is 1. The molecule has 1 aliphatic heterocycles. The predicted molar refractivity (Wildman–Crippen MR) is 93.1 cm³/mol. The van der Waals surface area contributed by atoms with Crippen molar-refractivity contribution in [3.8, 4) is 0 Å². The zero-order valence-electron chi connectivity index (χ0n) is 13.6. The zero-order valence-corrected chi connectivity index (χ0v) is 15.2. The first-order valence-electron chi connectivity index (χ1n) is 7.90. The molecule has 1 aromatic carbocycles. The van der Waals surface area contributed by atoms with Crippen LogP contribution in [-0.4, -0.2) is 41.6 Å². The number of likely N-dealkylation sites (tertiary alicyclic amines) is 1. The number of aryl methyl sites for hydroxylation is 1. The highest BCUT2D eigenvalue weighted by Gasteiger charge is 2.42. The maximum atomic E-state index is 12.2. The molecule has 2 unspecified atom stereocenters. The third kappa shape index (κ3) is 4.28. The highest BCUT2D eigenvalue weighted by Crippen LogP contribution is 2.23. The molecule has 24 heavy (non-hydrogen) atoms. The van der Waals surface area contributed by atoms with Gasteiger partial charge in [0.25, 0.3) is 5.91 Å². The average Bonchev–Trinajstić information content (AvgIpc) is 2.84. The van der Waals surface area contributed by atoms with E-state index in [2.05, 4.69) is 5.32 Å². The van der Waals surface area contributed by atoms with Gasteiger partial charge in [-0.1, -0.05) is 29.3 Å². The van der Waals surface area contributed by atoms with Crippen LogP contribution in [0, 0.1) is 5.92 Å². The summed E-state index contributed by atoms with van der Waals surface area (Å²) in [6.45, 7) is 4.25. The number of halogens is 2. The molecule has 2 amide bonds. The standard InChI is InChI=1S/C17H20Cl2N2O3/c1-3-21-9-12(15(22)17(21)24)16(23)20-10(2)4-5-11-6-7-13(18)14(19)8-11/h6-8,10,12H,3-5,9H2,1-2H3,(H,20,23). The van der Waals surface area contributed by atoms with E-state index in [4.69, 9.17) is 23.2 Å². The molecule has 2 rings (SSSR count). The lowest BCUT2D eigenvalue weighted by Gasteiger charge is -2.17. The van der Waals surface area contributed by atoms with Crippen LogP contribution in [0.25, 0.3) is 0 Å². The Morgan fingerprint density at radius 1 is 1.33 bits per heavy atom. The van der Waals surface area contributed by atoms with E-state index in [9.17, 15) is 14.4 Å². The summed E-state index contributed by atoms with van der Waals surface area (Å²) in [6, 6.07) is 5.31. The molecule has 0 aromatic heterocycles. The van der Waals surface area contributed by atoms with Crippen molar-refractivity contribution in [3.05, 3.63) is 33.8 Å². The average molecular weight is 371 g/mol. The second-order valence-electron chi connectivity index (χ2n) is 5.96. The fraction of sp³-hybridized carbons (Fsp3) is 0.471. The van der Waals surface area contributed by atoms with E-state index in [0.29, 0.717) is 23.0 Å². The van der Waals surface area contributed by atoms with Crippen LogP contribution in [-0.2, 0) is 20.8 Å². The number of likely N-dealkylation sites (N-methyl/N-ethyl adjacent to an activating group) is 1. The van der Waals surface area contributed by atoms with Crippen molar-refractivity contribution < 1.29 is 14.4 Å². The molecule has 0 spiro atoms. The number of hydrogen-bond donors (Lipinski definition) is 1. The minimum absolute atomic E-state index is 0.120.